The van der Waals surface area contributed by atoms with Gasteiger partial charge in [0.05, 0.1) is 40.8 Å². The van der Waals surface area contributed by atoms with Crippen LogP contribution in [0.2, 0.25) is 0 Å². The van der Waals surface area contributed by atoms with E-state index in [9.17, 15) is 18.3 Å². The Kier molecular flexibility index (Phi) is 6.80. The summed E-state index contributed by atoms with van der Waals surface area (Å²) in [5.74, 6) is 0.437. The number of fused-ring (bicyclic) bond motifs is 1. The van der Waals surface area contributed by atoms with E-state index >= 15 is 0 Å². The van der Waals surface area contributed by atoms with E-state index in [-0.39, 0.29) is 18.4 Å². The summed E-state index contributed by atoms with van der Waals surface area (Å²) >= 11 is 0. The molecule has 0 radical (unpaired) electrons. The number of nitrogens with zero attached hydrogens (tertiary/aromatic N) is 4. The summed E-state index contributed by atoms with van der Waals surface area (Å²) in [6.45, 7) is 0.333. The van der Waals surface area contributed by atoms with Gasteiger partial charge in [-0.25, -0.2) is 9.67 Å². The molecule has 0 aliphatic rings. The van der Waals surface area contributed by atoms with Crippen molar-refractivity contribution in [1.29, 1.82) is 0 Å². The molecule has 1 aromatic carbocycles. The van der Waals surface area contributed by atoms with Crippen LogP contribution in [0.25, 0.3) is 28.0 Å². The predicted molar refractivity (Wildman–Crippen MR) is 121 cm³/mol. The number of ether oxygens (including phenoxy) is 1. The number of halogens is 3. The van der Waals surface area contributed by atoms with Crippen molar-refractivity contribution in [2.45, 2.75) is 38.6 Å². The van der Waals surface area contributed by atoms with Crippen molar-refractivity contribution < 1.29 is 23.0 Å². The summed E-state index contributed by atoms with van der Waals surface area (Å²) in [6.07, 6.45) is -1.41. The Morgan fingerprint density at radius 2 is 1.91 bits per heavy atom. The smallest absolute Gasteiger partial charge is 0.422 e. The van der Waals surface area contributed by atoms with Crippen LogP contribution in [0.3, 0.4) is 0 Å². The minimum atomic E-state index is -4.50. The van der Waals surface area contributed by atoms with E-state index in [0.29, 0.717) is 39.4 Å². The SMILES string of the molecule is CCCC(N)c1cccc(-c2cc(OCC(F)(F)F)c3cnn(-c4cccc(CO)n4)c3c2)n1. The Morgan fingerprint density at radius 3 is 2.65 bits per heavy atom. The van der Waals surface area contributed by atoms with E-state index in [1.165, 1.54) is 16.9 Å². The molecule has 0 amide bonds. The van der Waals surface area contributed by atoms with E-state index < -0.39 is 12.8 Å². The summed E-state index contributed by atoms with van der Waals surface area (Å²) in [5.41, 5.74) is 8.95. The van der Waals surface area contributed by atoms with Crippen LogP contribution in [0, 0.1) is 0 Å². The molecule has 4 aromatic rings. The molecule has 1 unspecified atom stereocenters. The minimum absolute atomic E-state index is 0.0273. The van der Waals surface area contributed by atoms with Crippen LogP contribution in [-0.2, 0) is 6.61 Å². The third-order valence-electron chi connectivity index (χ3n) is 5.26. The van der Waals surface area contributed by atoms with Crippen LogP contribution in [0.15, 0.2) is 54.7 Å². The quantitative estimate of drug-likeness (QED) is 0.386. The number of aromatic nitrogens is 4. The lowest BCUT2D eigenvalue weighted by atomic mass is 10.1. The molecular weight excluding hydrogens is 447 g/mol. The van der Waals surface area contributed by atoms with Gasteiger partial charge in [0.25, 0.3) is 0 Å². The molecular formula is C24H24F3N5O2. The molecule has 0 aliphatic carbocycles. The molecule has 3 N–H and O–H groups in total. The number of hydrogen-bond acceptors (Lipinski definition) is 6. The molecule has 0 bridgehead atoms. The van der Waals surface area contributed by atoms with Gasteiger partial charge < -0.3 is 15.6 Å². The Hall–Kier alpha value is -3.50. The Balaban J connectivity index is 1.86. The molecule has 0 saturated heterocycles. The Bertz CT molecular complexity index is 1290. The average molecular weight is 471 g/mol. The maximum absolute atomic E-state index is 12.9. The third-order valence-corrected chi connectivity index (χ3v) is 5.26. The minimum Gasteiger partial charge on any atom is -0.483 e. The molecule has 0 saturated carbocycles. The second-order valence-corrected chi connectivity index (χ2v) is 7.86. The number of alkyl halides is 3. The van der Waals surface area contributed by atoms with E-state index in [4.69, 9.17) is 10.5 Å². The largest absolute Gasteiger partial charge is 0.483 e. The average Bonchev–Trinajstić information content (AvgIpc) is 3.26. The second kappa shape index (κ2) is 9.78. The maximum atomic E-state index is 12.9. The first-order valence-electron chi connectivity index (χ1n) is 10.8. The van der Waals surface area contributed by atoms with Gasteiger partial charge in [-0.2, -0.15) is 18.3 Å². The van der Waals surface area contributed by atoms with Crippen molar-refractivity contribution in [3.05, 3.63) is 66.1 Å². The van der Waals surface area contributed by atoms with Crippen LogP contribution in [-0.4, -0.2) is 37.6 Å². The number of aliphatic hydroxyl groups is 1. The monoisotopic (exact) mass is 471 g/mol. The zero-order valence-electron chi connectivity index (χ0n) is 18.5. The molecule has 178 valence electrons. The normalized spacial score (nSPS) is 12.8. The molecule has 1 atom stereocenters. The van der Waals surface area contributed by atoms with Crippen LogP contribution >= 0.6 is 0 Å². The zero-order valence-corrected chi connectivity index (χ0v) is 18.5. The van der Waals surface area contributed by atoms with Crippen molar-refractivity contribution >= 4 is 10.9 Å². The van der Waals surface area contributed by atoms with Gasteiger partial charge in [-0.05, 0) is 42.8 Å². The van der Waals surface area contributed by atoms with Crippen molar-refractivity contribution in [1.82, 2.24) is 19.7 Å². The van der Waals surface area contributed by atoms with E-state index in [2.05, 4.69) is 15.1 Å². The summed E-state index contributed by atoms with van der Waals surface area (Å²) < 4.78 is 45.4. The molecule has 3 aromatic heterocycles. The topological polar surface area (TPSA) is 99.1 Å². The van der Waals surface area contributed by atoms with Gasteiger partial charge in [0.1, 0.15) is 5.75 Å². The lowest BCUT2D eigenvalue weighted by molar-refractivity contribution is -0.153. The van der Waals surface area contributed by atoms with Crippen LogP contribution in [0.5, 0.6) is 5.75 Å². The second-order valence-electron chi connectivity index (χ2n) is 7.86. The highest BCUT2D eigenvalue weighted by molar-refractivity contribution is 5.90. The molecule has 7 nitrogen and oxygen atoms in total. The summed E-state index contributed by atoms with van der Waals surface area (Å²) in [7, 11) is 0. The number of aliphatic hydroxyl groups excluding tert-OH is 1. The molecule has 0 spiro atoms. The highest BCUT2D eigenvalue weighted by atomic mass is 19.4. The van der Waals surface area contributed by atoms with Gasteiger partial charge in [-0.15, -0.1) is 0 Å². The Labute approximate surface area is 194 Å². The number of benzene rings is 1. The molecule has 0 fully saturated rings. The van der Waals surface area contributed by atoms with E-state index in [0.717, 1.165) is 12.8 Å². The zero-order chi connectivity index (χ0) is 24.3. The highest BCUT2D eigenvalue weighted by Gasteiger charge is 2.29. The number of pyridine rings is 2. The lowest BCUT2D eigenvalue weighted by Gasteiger charge is -2.14. The van der Waals surface area contributed by atoms with Crippen molar-refractivity contribution in [3.8, 4) is 22.8 Å². The van der Waals surface area contributed by atoms with Crippen LogP contribution < -0.4 is 10.5 Å². The van der Waals surface area contributed by atoms with Crippen LogP contribution in [0.4, 0.5) is 13.2 Å². The fraction of sp³-hybridized carbons (Fsp3) is 0.292. The summed E-state index contributed by atoms with van der Waals surface area (Å²) in [6, 6.07) is 13.5. The van der Waals surface area contributed by atoms with E-state index in [1.807, 2.05) is 19.1 Å². The van der Waals surface area contributed by atoms with Crippen LogP contribution in [0.1, 0.15) is 37.2 Å². The van der Waals surface area contributed by atoms with Gasteiger partial charge in [-0.3, -0.25) is 4.98 Å². The lowest BCUT2D eigenvalue weighted by Crippen LogP contribution is -2.19. The van der Waals surface area contributed by atoms with Crippen molar-refractivity contribution in [3.63, 3.8) is 0 Å². The van der Waals surface area contributed by atoms with Crippen molar-refractivity contribution in [2.24, 2.45) is 5.73 Å². The molecule has 0 aliphatic heterocycles. The van der Waals surface area contributed by atoms with Gasteiger partial charge in [-0.1, -0.05) is 25.5 Å². The first-order valence-corrected chi connectivity index (χ1v) is 10.8. The first-order chi connectivity index (χ1) is 16.3. The number of nitrogens with two attached hydrogens (primary N) is 1. The highest BCUT2D eigenvalue weighted by Crippen LogP contribution is 2.34. The van der Waals surface area contributed by atoms with Gasteiger partial charge in [0, 0.05) is 11.6 Å². The predicted octanol–water partition coefficient (Wildman–Crippen LogP) is 4.72. The molecule has 10 heteroatoms. The standard InChI is InChI=1S/C24H24F3N5O2/c1-2-5-18(28)20-8-4-7-19(31-20)15-10-21-17(22(11-15)34-14-24(25,26)27)12-29-32(21)23-9-3-6-16(13-33)30-23/h3-4,6-12,18,33H,2,5,13-14,28H2,1H3. The van der Waals surface area contributed by atoms with E-state index in [1.54, 1.807) is 30.3 Å². The summed E-state index contributed by atoms with van der Waals surface area (Å²) in [4.78, 5) is 9.01. The summed E-state index contributed by atoms with van der Waals surface area (Å²) in [5, 5.41) is 14.1. The molecule has 34 heavy (non-hydrogen) atoms. The number of hydrogen-bond donors (Lipinski definition) is 2. The third kappa shape index (κ3) is 5.18. The first kappa shape index (κ1) is 23.7. The Morgan fingerprint density at radius 1 is 1.12 bits per heavy atom. The fourth-order valence-corrected chi connectivity index (χ4v) is 3.65. The van der Waals surface area contributed by atoms with Gasteiger partial charge in [0.2, 0.25) is 0 Å². The van der Waals surface area contributed by atoms with Crippen molar-refractivity contribution in [2.75, 3.05) is 6.61 Å². The number of rotatable bonds is 8. The molecule has 4 rings (SSSR count). The fourth-order valence-electron chi connectivity index (χ4n) is 3.65. The maximum Gasteiger partial charge on any atom is 0.422 e. The van der Waals surface area contributed by atoms with Gasteiger partial charge >= 0.3 is 6.18 Å². The molecule has 3 heterocycles. The van der Waals surface area contributed by atoms with Gasteiger partial charge in [0.15, 0.2) is 12.4 Å².